The Balaban J connectivity index is 1.34. The van der Waals surface area contributed by atoms with Crippen LogP contribution in [0.5, 0.6) is 5.75 Å². The third kappa shape index (κ3) is 4.47. The molecule has 3 heterocycles. The summed E-state index contributed by atoms with van der Waals surface area (Å²) in [5, 5.41) is 0. The van der Waals surface area contributed by atoms with Crippen LogP contribution in [0.1, 0.15) is 36.0 Å². The van der Waals surface area contributed by atoms with Crippen molar-refractivity contribution in [3.8, 4) is 5.75 Å². The molecule has 0 aliphatic carbocycles. The molecule has 0 unspecified atom stereocenters. The molecule has 7 nitrogen and oxygen atoms in total. The van der Waals surface area contributed by atoms with Gasteiger partial charge >= 0.3 is 0 Å². The van der Waals surface area contributed by atoms with Gasteiger partial charge in [-0.15, -0.1) is 0 Å². The van der Waals surface area contributed by atoms with E-state index >= 15 is 0 Å². The van der Waals surface area contributed by atoms with E-state index in [9.17, 15) is 9.59 Å². The SMILES string of the molecule is COc1ccc(C(=O)N2CCOC3(CCN(C(=O)C4CCN(C)CC4)CC3)C2)cc1. The van der Waals surface area contributed by atoms with Crippen molar-refractivity contribution in [3.63, 3.8) is 0 Å². The highest BCUT2D eigenvalue weighted by Gasteiger charge is 2.42. The van der Waals surface area contributed by atoms with E-state index in [1.807, 2.05) is 34.1 Å². The van der Waals surface area contributed by atoms with E-state index in [0.29, 0.717) is 31.2 Å². The van der Waals surface area contributed by atoms with Crippen LogP contribution in [0.3, 0.4) is 0 Å². The van der Waals surface area contributed by atoms with E-state index in [1.54, 1.807) is 7.11 Å². The van der Waals surface area contributed by atoms with E-state index in [0.717, 1.165) is 57.6 Å². The highest BCUT2D eigenvalue weighted by atomic mass is 16.5. The molecule has 0 radical (unpaired) electrons. The first kappa shape index (κ1) is 21.1. The molecule has 3 aliphatic rings. The number of benzene rings is 1. The van der Waals surface area contributed by atoms with Gasteiger partial charge in [0.25, 0.3) is 5.91 Å². The second-order valence-electron chi connectivity index (χ2n) is 8.89. The number of hydrogen-bond acceptors (Lipinski definition) is 5. The fourth-order valence-corrected chi connectivity index (χ4v) is 4.89. The molecule has 4 rings (SSSR count). The van der Waals surface area contributed by atoms with Crippen molar-refractivity contribution >= 4 is 11.8 Å². The zero-order valence-electron chi connectivity index (χ0n) is 18.1. The van der Waals surface area contributed by atoms with Gasteiger partial charge in [-0.3, -0.25) is 9.59 Å². The molecule has 7 heteroatoms. The first-order valence-electron chi connectivity index (χ1n) is 11.0. The maximum absolute atomic E-state index is 13.0. The van der Waals surface area contributed by atoms with Crippen LogP contribution in [0.2, 0.25) is 0 Å². The third-order valence-corrected chi connectivity index (χ3v) is 6.93. The average Bonchev–Trinajstić information content (AvgIpc) is 2.79. The molecule has 30 heavy (non-hydrogen) atoms. The standard InChI is InChI=1S/C23H33N3O4/c1-24-11-7-19(8-12-24)21(27)25-13-9-23(10-14-25)17-26(15-16-30-23)22(28)18-3-5-20(29-2)6-4-18/h3-6,19H,7-17H2,1-2H3. The number of ether oxygens (including phenoxy) is 2. The molecule has 3 aliphatic heterocycles. The summed E-state index contributed by atoms with van der Waals surface area (Å²) in [6, 6.07) is 7.26. The van der Waals surface area contributed by atoms with Gasteiger partial charge in [-0.05, 0) is 70.1 Å². The number of carbonyl (C=O) groups is 2. The maximum atomic E-state index is 13.0. The van der Waals surface area contributed by atoms with Crippen LogP contribution in [0.15, 0.2) is 24.3 Å². The number of morpholine rings is 1. The predicted octanol–water partition coefficient (Wildman–Crippen LogP) is 1.87. The summed E-state index contributed by atoms with van der Waals surface area (Å²) >= 11 is 0. The first-order chi connectivity index (χ1) is 14.5. The Morgan fingerprint density at radius 3 is 2.30 bits per heavy atom. The molecule has 1 aromatic rings. The maximum Gasteiger partial charge on any atom is 0.254 e. The number of hydrogen-bond donors (Lipinski definition) is 0. The molecular weight excluding hydrogens is 382 g/mol. The fourth-order valence-electron chi connectivity index (χ4n) is 4.89. The van der Waals surface area contributed by atoms with Crippen molar-refractivity contribution in [1.29, 1.82) is 0 Å². The van der Waals surface area contributed by atoms with Crippen LogP contribution in [-0.2, 0) is 9.53 Å². The zero-order valence-corrected chi connectivity index (χ0v) is 18.1. The molecule has 0 atom stereocenters. The second-order valence-corrected chi connectivity index (χ2v) is 8.89. The number of likely N-dealkylation sites (tertiary alicyclic amines) is 2. The fraction of sp³-hybridized carbons (Fsp3) is 0.652. The summed E-state index contributed by atoms with van der Waals surface area (Å²) in [5.74, 6) is 1.24. The summed E-state index contributed by atoms with van der Waals surface area (Å²) < 4.78 is 11.4. The molecule has 2 amide bonds. The van der Waals surface area contributed by atoms with Crippen molar-refractivity contribution in [2.24, 2.45) is 5.92 Å². The van der Waals surface area contributed by atoms with E-state index < -0.39 is 0 Å². The lowest BCUT2D eigenvalue weighted by Gasteiger charge is -2.47. The molecular formula is C23H33N3O4. The Kier molecular flexibility index (Phi) is 6.29. The minimum Gasteiger partial charge on any atom is -0.497 e. The van der Waals surface area contributed by atoms with E-state index in [4.69, 9.17) is 9.47 Å². The van der Waals surface area contributed by atoms with Gasteiger partial charge < -0.3 is 24.2 Å². The summed E-state index contributed by atoms with van der Waals surface area (Å²) in [7, 11) is 3.73. The lowest BCUT2D eigenvalue weighted by molar-refractivity contribution is -0.151. The van der Waals surface area contributed by atoms with Crippen molar-refractivity contribution in [2.45, 2.75) is 31.3 Å². The van der Waals surface area contributed by atoms with Gasteiger partial charge in [0.2, 0.25) is 5.91 Å². The van der Waals surface area contributed by atoms with E-state index in [2.05, 4.69) is 11.9 Å². The number of rotatable bonds is 3. The quantitative estimate of drug-likeness (QED) is 0.754. The van der Waals surface area contributed by atoms with E-state index in [1.165, 1.54) is 0 Å². The second kappa shape index (κ2) is 8.94. The summed E-state index contributed by atoms with van der Waals surface area (Å²) in [6.07, 6.45) is 3.49. The number of nitrogens with zero attached hydrogens (tertiary/aromatic N) is 3. The van der Waals surface area contributed by atoms with Gasteiger partial charge in [0, 0.05) is 31.1 Å². The topological polar surface area (TPSA) is 62.3 Å². The Labute approximate surface area is 178 Å². The van der Waals surface area contributed by atoms with Gasteiger partial charge in [0.15, 0.2) is 0 Å². The van der Waals surface area contributed by atoms with Gasteiger partial charge in [-0.2, -0.15) is 0 Å². The molecule has 3 saturated heterocycles. The minimum atomic E-state index is -0.329. The Morgan fingerprint density at radius 1 is 1.00 bits per heavy atom. The van der Waals surface area contributed by atoms with E-state index in [-0.39, 0.29) is 17.4 Å². The van der Waals surface area contributed by atoms with Crippen LogP contribution in [0.25, 0.3) is 0 Å². The normalized spacial score (nSPS) is 22.9. The number of carbonyl (C=O) groups excluding carboxylic acids is 2. The minimum absolute atomic E-state index is 0.0326. The van der Waals surface area contributed by atoms with Gasteiger partial charge in [-0.25, -0.2) is 0 Å². The molecule has 1 spiro atoms. The smallest absolute Gasteiger partial charge is 0.254 e. The first-order valence-corrected chi connectivity index (χ1v) is 11.0. The lowest BCUT2D eigenvalue weighted by Crippen LogP contribution is -2.59. The Bertz CT molecular complexity index is 750. The number of amides is 2. The van der Waals surface area contributed by atoms with Crippen molar-refractivity contribution in [3.05, 3.63) is 29.8 Å². The monoisotopic (exact) mass is 415 g/mol. The summed E-state index contributed by atoms with van der Waals surface area (Å²) in [6.45, 7) is 5.18. The largest absolute Gasteiger partial charge is 0.497 e. The number of piperidine rings is 2. The van der Waals surface area contributed by atoms with Crippen LogP contribution in [0.4, 0.5) is 0 Å². The summed E-state index contributed by atoms with van der Waals surface area (Å²) in [4.78, 5) is 32.1. The van der Waals surface area contributed by atoms with Crippen LogP contribution >= 0.6 is 0 Å². The van der Waals surface area contributed by atoms with Crippen LogP contribution in [-0.4, -0.2) is 92.1 Å². The Hall–Kier alpha value is -2.12. The van der Waals surface area contributed by atoms with Crippen LogP contribution < -0.4 is 4.74 Å². The molecule has 0 saturated carbocycles. The Morgan fingerprint density at radius 2 is 1.67 bits per heavy atom. The predicted molar refractivity (Wildman–Crippen MR) is 114 cm³/mol. The van der Waals surface area contributed by atoms with Gasteiger partial charge in [0.05, 0.1) is 25.9 Å². The molecule has 0 N–H and O–H groups in total. The lowest BCUT2D eigenvalue weighted by atomic mass is 9.87. The van der Waals surface area contributed by atoms with Crippen molar-refractivity contribution < 1.29 is 19.1 Å². The molecule has 164 valence electrons. The third-order valence-electron chi connectivity index (χ3n) is 6.93. The molecule has 0 aromatic heterocycles. The molecule has 3 fully saturated rings. The average molecular weight is 416 g/mol. The van der Waals surface area contributed by atoms with Crippen molar-refractivity contribution in [1.82, 2.24) is 14.7 Å². The summed E-state index contributed by atoms with van der Waals surface area (Å²) in [5.41, 5.74) is 0.340. The molecule has 1 aromatic carbocycles. The van der Waals surface area contributed by atoms with Gasteiger partial charge in [-0.1, -0.05) is 0 Å². The van der Waals surface area contributed by atoms with Gasteiger partial charge in [0.1, 0.15) is 5.75 Å². The van der Waals surface area contributed by atoms with Crippen LogP contribution in [0, 0.1) is 5.92 Å². The molecule has 0 bridgehead atoms. The number of methoxy groups -OCH3 is 1. The van der Waals surface area contributed by atoms with Crippen molar-refractivity contribution in [2.75, 3.05) is 60.0 Å². The highest BCUT2D eigenvalue weighted by molar-refractivity contribution is 5.94. The zero-order chi connectivity index (χ0) is 21.1. The highest BCUT2D eigenvalue weighted by Crippen LogP contribution is 2.32.